The first-order valence-electron chi connectivity index (χ1n) is 27.9. The monoisotopic (exact) mass is 1070 g/mol. The number of likely N-dealkylation sites (tertiary alicyclic amines) is 2. The molecule has 2 fully saturated rings. The third-order valence-corrected chi connectivity index (χ3v) is 14.7. The molecular weight excluding hydrogens is 993 g/mol. The molecule has 414 valence electrons. The first-order chi connectivity index (χ1) is 37.9. The Morgan fingerprint density at radius 2 is 0.987 bits per heavy atom. The van der Waals surface area contributed by atoms with Crippen molar-refractivity contribution in [2.45, 2.75) is 99.2 Å². The van der Waals surface area contributed by atoms with Crippen molar-refractivity contribution in [3.8, 4) is 46.0 Å². The lowest BCUT2D eigenvalue weighted by molar-refractivity contribution is -0.143. The zero-order chi connectivity index (χ0) is 55.7. The highest BCUT2D eigenvalue weighted by atomic mass is 16.5. The van der Waals surface area contributed by atoms with Crippen LogP contribution in [-0.2, 0) is 9.59 Å². The fourth-order valence-corrected chi connectivity index (χ4v) is 10.1. The number of fused-ring (bicyclic) bond motifs is 2. The maximum Gasteiger partial charge on any atom is 0.316 e. The summed E-state index contributed by atoms with van der Waals surface area (Å²) >= 11 is 0. The van der Waals surface area contributed by atoms with E-state index in [9.17, 15) is 19.8 Å². The fraction of sp³-hybridized carbons (Fsp3) is 0.373. The Kier molecular flexibility index (Phi) is 17.8. The third kappa shape index (κ3) is 14.6. The molecule has 2 unspecified atom stereocenters. The molecule has 6 aromatic rings. The number of rotatable bonds is 14. The van der Waals surface area contributed by atoms with Gasteiger partial charge in [-0.1, -0.05) is 61.4 Å². The number of nitrogens with zero attached hydrogens (tertiary/aromatic N) is 2. The second-order valence-corrected chi connectivity index (χ2v) is 23.0. The van der Waals surface area contributed by atoms with Crippen LogP contribution in [0.25, 0.3) is 22.8 Å². The van der Waals surface area contributed by atoms with Crippen LogP contribution in [0.4, 0.5) is 0 Å². The first-order valence-corrected chi connectivity index (χ1v) is 27.9. The van der Waals surface area contributed by atoms with Crippen LogP contribution >= 0.6 is 0 Å². The number of benzene rings is 6. The Morgan fingerprint density at radius 1 is 0.519 bits per heavy atom. The van der Waals surface area contributed by atoms with Gasteiger partial charge in [0.25, 0.3) is 0 Å². The quantitative estimate of drug-likeness (QED) is 0.0794. The van der Waals surface area contributed by atoms with Gasteiger partial charge in [0.1, 0.15) is 71.4 Å². The Hall–Kier alpha value is -7.54. The van der Waals surface area contributed by atoms with Gasteiger partial charge >= 0.3 is 11.9 Å². The maximum absolute atomic E-state index is 12.6. The van der Waals surface area contributed by atoms with Gasteiger partial charge in [-0.3, -0.25) is 19.4 Å². The minimum Gasteiger partial charge on any atom is -0.508 e. The molecule has 0 aliphatic carbocycles. The third-order valence-electron chi connectivity index (χ3n) is 14.7. The van der Waals surface area contributed by atoms with Gasteiger partial charge in [0, 0.05) is 47.5 Å². The summed E-state index contributed by atoms with van der Waals surface area (Å²) in [7, 11) is 0. The van der Waals surface area contributed by atoms with Gasteiger partial charge in [-0.2, -0.15) is 0 Å². The van der Waals surface area contributed by atoms with Crippen molar-refractivity contribution in [1.82, 2.24) is 9.80 Å². The predicted octanol–water partition coefficient (Wildman–Crippen LogP) is 14.2. The van der Waals surface area contributed by atoms with Gasteiger partial charge in [-0.05, 0) is 207 Å². The summed E-state index contributed by atoms with van der Waals surface area (Å²) in [6, 6.07) is 41.5. The molecule has 12 nitrogen and oxygen atoms in total. The number of hydrogen-bond acceptors (Lipinski definition) is 12. The molecule has 6 aromatic carbocycles. The molecular formula is C67H76N2O10. The lowest BCUT2D eigenvalue weighted by atomic mass is 9.86. The Morgan fingerprint density at radius 3 is 1.53 bits per heavy atom. The standard InChI is InChI=1S/C39H47NO6.C28H29NO4/c1-26-32-20-19-31(45-37(42)39(5,6)7)25-33(32)46-35(34(26)27-11-17-30(18-12-27)44-36(41)38(2,3)4)28-13-15-29(16-14-28)43-24-23-40-21-9-8-10-22-40;30-23-9-4-20(5-10-23)26-18-22-6-11-24(31)19-27(22)33-28(26)21-7-12-25(13-8-21)32-17-16-29-14-2-1-3-15-29/h11-20,25,35H,8-10,21-24H2,1-7H3;4-13,18-19,28,30-31H,1-3,14-17H2. The van der Waals surface area contributed by atoms with E-state index < -0.39 is 16.9 Å². The zero-order valence-electron chi connectivity index (χ0n) is 46.9. The van der Waals surface area contributed by atoms with E-state index in [0.29, 0.717) is 36.2 Å². The minimum atomic E-state index is -0.632. The maximum atomic E-state index is 12.6. The van der Waals surface area contributed by atoms with Gasteiger partial charge < -0.3 is 38.6 Å². The topological polar surface area (TPSA) is 136 Å². The highest BCUT2D eigenvalue weighted by Crippen LogP contribution is 2.48. The van der Waals surface area contributed by atoms with Crippen LogP contribution in [0.5, 0.6) is 46.0 Å². The Labute approximate surface area is 466 Å². The summed E-state index contributed by atoms with van der Waals surface area (Å²) in [6.45, 7) is 20.9. The number of hydrogen-bond donors (Lipinski definition) is 2. The summed E-state index contributed by atoms with van der Waals surface area (Å²) in [5.41, 5.74) is 7.50. The highest BCUT2D eigenvalue weighted by molar-refractivity contribution is 5.96. The molecule has 79 heavy (non-hydrogen) atoms. The van der Waals surface area contributed by atoms with Crippen molar-refractivity contribution in [2.24, 2.45) is 10.8 Å². The molecule has 2 N–H and O–H groups in total. The van der Waals surface area contributed by atoms with Crippen molar-refractivity contribution in [2.75, 3.05) is 52.5 Å². The molecule has 0 aromatic heterocycles. The Balaban J connectivity index is 0.000000202. The number of carbonyl (C=O) groups excluding carboxylic acids is 2. The second kappa shape index (κ2) is 25.1. The lowest BCUT2D eigenvalue weighted by Gasteiger charge is -2.31. The SMILES string of the molecule is CC1=C(c2ccc(OC(=O)C(C)(C)C)cc2)C(c2ccc(OCCN3CCCCC3)cc2)Oc2cc(OC(=O)C(C)(C)C)ccc21.Oc1ccc(C2=Cc3ccc(O)cc3OC2c2ccc(OCCN3CCCCC3)cc2)cc1. The van der Waals surface area contributed by atoms with E-state index in [2.05, 4.69) is 22.8 Å². The van der Waals surface area contributed by atoms with Gasteiger partial charge in [-0.25, -0.2) is 0 Å². The van der Waals surface area contributed by atoms with Crippen molar-refractivity contribution in [3.63, 3.8) is 0 Å². The molecule has 2 atom stereocenters. The first kappa shape index (κ1) is 56.2. The molecule has 0 bridgehead atoms. The minimum absolute atomic E-state index is 0.173. The van der Waals surface area contributed by atoms with E-state index in [1.165, 1.54) is 51.6 Å². The van der Waals surface area contributed by atoms with Crippen LogP contribution < -0.4 is 28.4 Å². The average Bonchev–Trinajstić information content (AvgIpc) is 3.63. The van der Waals surface area contributed by atoms with E-state index in [-0.39, 0.29) is 29.5 Å². The largest absolute Gasteiger partial charge is 0.508 e. The average molecular weight is 1070 g/mol. The lowest BCUT2D eigenvalue weighted by Crippen LogP contribution is -2.33. The number of esters is 2. The number of piperidine rings is 2. The van der Waals surface area contributed by atoms with Crippen LogP contribution in [0.1, 0.15) is 133 Å². The molecule has 10 rings (SSSR count). The van der Waals surface area contributed by atoms with Crippen molar-refractivity contribution in [3.05, 3.63) is 167 Å². The van der Waals surface area contributed by atoms with Gasteiger partial charge in [0.05, 0.1) is 10.8 Å². The number of phenols is 2. The van der Waals surface area contributed by atoms with Crippen LogP contribution in [0, 0.1) is 10.8 Å². The number of aromatic hydroxyl groups is 2. The van der Waals surface area contributed by atoms with Crippen molar-refractivity contribution in [1.29, 1.82) is 0 Å². The summed E-state index contributed by atoms with van der Waals surface area (Å²) in [4.78, 5) is 30.0. The van der Waals surface area contributed by atoms with E-state index in [0.717, 1.165) is 87.8 Å². The summed E-state index contributed by atoms with van der Waals surface area (Å²) in [6.07, 6.45) is 9.06. The summed E-state index contributed by atoms with van der Waals surface area (Å²) in [5, 5.41) is 19.6. The van der Waals surface area contributed by atoms with E-state index >= 15 is 0 Å². The van der Waals surface area contributed by atoms with E-state index in [1.54, 1.807) is 36.4 Å². The number of carbonyl (C=O) groups is 2. The molecule has 0 spiro atoms. The van der Waals surface area contributed by atoms with Crippen LogP contribution in [0.15, 0.2) is 133 Å². The highest BCUT2D eigenvalue weighted by Gasteiger charge is 2.32. The van der Waals surface area contributed by atoms with Crippen LogP contribution in [0.2, 0.25) is 0 Å². The predicted molar refractivity (Wildman–Crippen MR) is 311 cm³/mol. The molecule has 0 amide bonds. The summed E-state index contributed by atoms with van der Waals surface area (Å²) < 4.78 is 36.5. The molecule has 0 radical (unpaired) electrons. The molecule has 4 heterocycles. The molecule has 4 aliphatic heterocycles. The molecule has 2 saturated heterocycles. The second-order valence-electron chi connectivity index (χ2n) is 23.0. The number of ether oxygens (including phenoxy) is 6. The smallest absolute Gasteiger partial charge is 0.316 e. The fourth-order valence-electron chi connectivity index (χ4n) is 10.1. The van der Waals surface area contributed by atoms with Gasteiger partial charge in [0.2, 0.25) is 0 Å². The van der Waals surface area contributed by atoms with Crippen molar-refractivity contribution >= 4 is 34.7 Å². The van der Waals surface area contributed by atoms with E-state index in [4.69, 9.17) is 28.4 Å². The Bertz CT molecular complexity index is 3100. The van der Waals surface area contributed by atoms with Gasteiger partial charge in [0.15, 0.2) is 0 Å². The van der Waals surface area contributed by atoms with Crippen molar-refractivity contribution < 1.29 is 48.2 Å². The number of allylic oxidation sites excluding steroid dienone is 1. The zero-order valence-corrected chi connectivity index (χ0v) is 46.9. The molecule has 12 heteroatoms. The van der Waals surface area contributed by atoms with Crippen LogP contribution in [0.3, 0.4) is 0 Å². The van der Waals surface area contributed by atoms with Crippen LogP contribution in [-0.4, -0.2) is 84.4 Å². The summed E-state index contributed by atoms with van der Waals surface area (Å²) in [5.74, 6) is 3.69. The molecule has 4 aliphatic rings. The normalized spacial score (nSPS) is 17.6. The molecule has 0 saturated carbocycles. The number of phenolic OH excluding ortho intramolecular Hbond substituents is 2. The van der Waals surface area contributed by atoms with E-state index in [1.807, 2.05) is 139 Å². The van der Waals surface area contributed by atoms with Gasteiger partial charge in [-0.15, -0.1) is 0 Å².